The molecular weight excluding hydrogens is 406 g/mol. The Balaban J connectivity index is 2.66. The van der Waals surface area contributed by atoms with Gasteiger partial charge in [0.15, 0.2) is 10.7 Å². The van der Waals surface area contributed by atoms with Crippen molar-refractivity contribution < 1.29 is 32.2 Å². The summed E-state index contributed by atoms with van der Waals surface area (Å²) >= 11 is 0. The molecule has 2 rings (SSSR count). The minimum absolute atomic E-state index is 0.00612. The number of aromatic nitrogens is 1. The van der Waals surface area contributed by atoms with Crippen molar-refractivity contribution in [3.05, 3.63) is 50.9 Å². The molecule has 0 fully saturated rings. The Labute approximate surface area is 165 Å². The third-order valence-corrected chi connectivity index (χ3v) is 5.75. The molecule has 1 heterocycles. The number of esters is 1. The van der Waals surface area contributed by atoms with Crippen LogP contribution in [-0.2, 0) is 14.8 Å². The van der Waals surface area contributed by atoms with E-state index in [9.17, 15) is 28.1 Å². The number of nitro benzene ring substituents is 1. The maximum atomic E-state index is 13.0. The van der Waals surface area contributed by atoms with Crippen LogP contribution in [0.5, 0.6) is 0 Å². The summed E-state index contributed by atoms with van der Waals surface area (Å²) in [4.78, 5) is 34.7. The molecule has 0 N–H and O–H groups in total. The summed E-state index contributed by atoms with van der Waals surface area (Å²) in [5.41, 5.74) is -1.34. The number of nitro groups is 1. The lowest BCUT2D eigenvalue weighted by Gasteiger charge is -2.20. The van der Waals surface area contributed by atoms with Gasteiger partial charge in [0.2, 0.25) is 0 Å². The molecule has 0 aliphatic heterocycles. The quantitative estimate of drug-likeness (QED) is 0.292. The maximum Gasteiger partial charge on any atom is 0.338 e. The molecule has 152 valence electrons. The minimum atomic E-state index is -4.50. The van der Waals surface area contributed by atoms with Gasteiger partial charge < -0.3 is 9.26 Å². The topological polar surface area (TPSA) is 150 Å². The van der Waals surface area contributed by atoms with Crippen molar-refractivity contribution in [3.8, 4) is 12.3 Å². The molecule has 12 heteroatoms. The van der Waals surface area contributed by atoms with Crippen molar-refractivity contribution in [1.29, 1.82) is 0 Å². The van der Waals surface area contributed by atoms with Gasteiger partial charge >= 0.3 is 5.97 Å². The summed E-state index contributed by atoms with van der Waals surface area (Å²) in [7, 11) is -3.45. The second-order valence-corrected chi connectivity index (χ2v) is 7.49. The zero-order valence-electron chi connectivity index (χ0n) is 15.5. The zero-order valence-corrected chi connectivity index (χ0v) is 16.3. The number of nitrogens with zero attached hydrogens (tertiary/aromatic N) is 3. The fraction of sp³-hybridized carbons (Fsp3) is 0.235. The van der Waals surface area contributed by atoms with Crippen LogP contribution in [0.25, 0.3) is 0 Å². The number of methoxy groups -OCH3 is 1. The van der Waals surface area contributed by atoms with E-state index >= 15 is 0 Å². The number of hydrogen-bond acceptors (Lipinski definition) is 9. The highest BCUT2D eigenvalue weighted by atomic mass is 32.2. The number of terminal acetylenes is 1. The highest BCUT2D eigenvalue weighted by Gasteiger charge is 2.35. The van der Waals surface area contributed by atoms with Crippen LogP contribution in [0, 0.1) is 36.3 Å². The van der Waals surface area contributed by atoms with E-state index in [0.29, 0.717) is 4.31 Å². The average molecular weight is 421 g/mol. The van der Waals surface area contributed by atoms with Crippen molar-refractivity contribution >= 4 is 27.6 Å². The van der Waals surface area contributed by atoms with Crippen molar-refractivity contribution in [2.75, 3.05) is 13.7 Å². The molecule has 0 saturated heterocycles. The standard InChI is InChI=1S/C17H15N3O8S/c1-5-6-19(29(25,26)15-10(2)18-28-11(15)3)16(21)12-7-13(17(22)27-4)9-14(8-12)20(23)24/h1,7-9H,6H2,2-4H3. The molecule has 0 saturated carbocycles. The van der Waals surface area contributed by atoms with E-state index < -0.39 is 44.6 Å². The second kappa shape index (κ2) is 8.11. The summed E-state index contributed by atoms with van der Waals surface area (Å²) < 4.78 is 35.7. The first-order chi connectivity index (χ1) is 13.5. The lowest BCUT2D eigenvalue weighted by atomic mass is 10.1. The Hall–Kier alpha value is -3.72. The first-order valence-corrected chi connectivity index (χ1v) is 9.29. The largest absolute Gasteiger partial charge is 0.465 e. The van der Waals surface area contributed by atoms with Crippen LogP contribution in [0.4, 0.5) is 5.69 Å². The van der Waals surface area contributed by atoms with Crippen molar-refractivity contribution in [2.24, 2.45) is 0 Å². The van der Waals surface area contributed by atoms with Gasteiger partial charge in [-0.05, 0) is 19.9 Å². The monoisotopic (exact) mass is 421 g/mol. The number of non-ortho nitro benzene ring substituents is 1. The number of carbonyl (C=O) groups excluding carboxylic acids is 2. The number of benzene rings is 1. The number of amides is 1. The van der Waals surface area contributed by atoms with Gasteiger partial charge in [-0.1, -0.05) is 11.1 Å². The van der Waals surface area contributed by atoms with E-state index in [0.717, 1.165) is 25.3 Å². The minimum Gasteiger partial charge on any atom is -0.465 e. The van der Waals surface area contributed by atoms with Crippen LogP contribution >= 0.6 is 0 Å². The SMILES string of the molecule is C#CCN(C(=O)c1cc(C(=O)OC)cc([N+](=O)[O-])c1)S(=O)(=O)c1c(C)noc1C. The maximum absolute atomic E-state index is 13.0. The molecule has 1 amide bonds. The molecule has 2 aromatic rings. The van der Waals surface area contributed by atoms with Gasteiger partial charge in [0, 0.05) is 17.7 Å². The van der Waals surface area contributed by atoms with Crippen molar-refractivity contribution in [1.82, 2.24) is 9.46 Å². The average Bonchev–Trinajstić information content (AvgIpc) is 3.03. The highest BCUT2D eigenvalue weighted by molar-refractivity contribution is 7.89. The van der Waals surface area contributed by atoms with Gasteiger partial charge in [-0.25, -0.2) is 17.5 Å². The Morgan fingerprint density at radius 2 is 1.93 bits per heavy atom. The summed E-state index contributed by atoms with van der Waals surface area (Å²) in [6.45, 7) is 2.04. The second-order valence-electron chi connectivity index (χ2n) is 5.69. The number of aryl methyl sites for hydroxylation is 2. The third-order valence-electron chi connectivity index (χ3n) is 3.77. The fourth-order valence-electron chi connectivity index (χ4n) is 2.52. The molecule has 0 bridgehead atoms. The number of sulfonamides is 1. The smallest absolute Gasteiger partial charge is 0.338 e. The third kappa shape index (κ3) is 4.09. The predicted molar refractivity (Wildman–Crippen MR) is 97.5 cm³/mol. The van der Waals surface area contributed by atoms with Gasteiger partial charge in [0.1, 0.15) is 5.69 Å². The summed E-state index contributed by atoms with van der Waals surface area (Å²) in [6.07, 6.45) is 5.22. The molecular formula is C17H15N3O8S. The van der Waals surface area contributed by atoms with Crippen molar-refractivity contribution in [2.45, 2.75) is 18.7 Å². The Kier molecular flexibility index (Phi) is 6.03. The molecule has 11 nitrogen and oxygen atoms in total. The lowest BCUT2D eigenvalue weighted by Crippen LogP contribution is -2.37. The van der Waals surface area contributed by atoms with Crippen LogP contribution in [0.2, 0.25) is 0 Å². The summed E-state index contributed by atoms with van der Waals surface area (Å²) in [5, 5.41) is 14.7. The van der Waals surface area contributed by atoms with E-state index in [1.54, 1.807) is 0 Å². The predicted octanol–water partition coefficient (Wildman–Crippen LogP) is 1.45. The lowest BCUT2D eigenvalue weighted by molar-refractivity contribution is -0.384. The van der Waals surface area contributed by atoms with E-state index in [-0.39, 0.29) is 21.9 Å². The van der Waals surface area contributed by atoms with E-state index in [1.807, 2.05) is 0 Å². The molecule has 1 aromatic heterocycles. The first kappa shape index (κ1) is 21.6. The van der Waals surface area contributed by atoms with Crippen LogP contribution in [0.1, 0.15) is 32.2 Å². The van der Waals surface area contributed by atoms with E-state index in [4.69, 9.17) is 10.9 Å². The normalized spacial score (nSPS) is 10.8. The molecule has 0 unspecified atom stereocenters. The molecule has 0 atom stereocenters. The van der Waals surface area contributed by atoms with Crippen LogP contribution in [0.15, 0.2) is 27.6 Å². The van der Waals surface area contributed by atoms with Crippen LogP contribution < -0.4 is 0 Å². The van der Waals surface area contributed by atoms with Gasteiger partial charge in [-0.15, -0.1) is 6.42 Å². The van der Waals surface area contributed by atoms with E-state index in [1.165, 1.54) is 13.8 Å². The Morgan fingerprint density at radius 3 is 2.41 bits per heavy atom. The number of rotatable bonds is 6. The van der Waals surface area contributed by atoms with E-state index in [2.05, 4.69) is 15.8 Å². The van der Waals surface area contributed by atoms with Gasteiger partial charge in [-0.3, -0.25) is 14.9 Å². The Bertz CT molecular complexity index is 1120. The molecule has 0 spiro atoms. The molecule has 1 aromatic carbocycles. The van der Waals surface area contributed by atoms with Crippen LogP contribution in [-0.4, -0.2) is 48.3 Å². The van der Waals surface area contributed by atoms with Gasteiger partial charge in [0.05, 0.1) is 24.1 Å². The molecule has 0 aliphatic rings. The first-order valence-electron chi connectivity index (χ1n) is 7.85. The summed E-state index contributed by atoms with van der Waals surface area (Å²) in [5.74, 6) is -0.117. The molecule has 0 aliphatic carbocycles. The number of ether oxygens (including phenoxy) is 1. The summed E-state index contributed by atoms with van der Waals surface area (Å²) in [6, 6.07) is 2.71. The number of carbonyl (C=O) groups is 2. The van der Waals surface area contributed by atoms with Crippen molar-refractivity contribution in [3.63, 3.8) is 0 Å². The van der Waals surface area contributed by atoms with Gasteiger partial charge in [0.25, 0.3) is 21.6 Å². The molecule has 29 heavy (non-hydrogen) atoms. The fourth-order valence-corrected chi connectivity index (χ4v) is 4.12. The zero-order chi connectivity index (χ0) is 21.9. The Morgan fingerprint density at radius 1 is 1.31 bits per heavy atom. The number of hydrogen-bond donors (Lipinski definition) is 0. The van der Waals surface area contributed by atoms with Gasteiger partial charge in [-0.2, -0.15) is 0 Å². The highest BCUT2D eigenvalue weighted by Crippen LogP contribution is 2.26. The molecule has 0 radical (unpaired) electrons. The van der Waals surface area contributed by atoms with Crippen LogP contribution in [0.3, 0.4) is 0 Å².